The molecule has 0 aliphatic rings. The van der Waals surface area contributed by atoms with Gasteiger partial charge in [-0.3, -0.25) is 4.21 Å². The van der Waals surface area contributed by atoms with Crippen LogP contribution in [-0.4, -0.2) is 34.9 Å². The van der Waals surface area contributed by atoms with Crippen LogP contribution in [0.25, 0.3) is 0 Å². The van der Waals surface area contributed by atoms with Crippen LogP contribution in [0.4, 0.5) is 0 Å². The Bertz CT molecular complexity index is 462. The first-order valence-electron chi connectivity index (χ1n) is 4.84. The maximum Gasteiger partial charge on any atom is 0.337 e. The van der Waals surface area contributed by atoms with Crippen molar-refractivity contribution < 1.29 is 27.8 Å². The molecule has 0 saturated heterocycles. The zero-order valence-corrected chi connectivity index (χ0v) is 10.6. The van der Waals surface area contributed by atoms with Gasteiger partial charge in [-0.25, -0.2) is 9.59 Å². The van der Waals surface area contributed by atoms with Crippen molar-refractivity contribution in [1.29, 1.82) is 0 Å². The molecule has 7 heteroatoms. The molecule has 1 atom stereocenters. The number of ether oxygens (including phenoxy) is 2. The molecule has 0 spiro atoms. The number of carbonyl (C=O) groups excluding carboxylic acids is 2. The molecular weight excluding hydrogens is 260 g/mol. The van der Waals surface area contributed by atoms with Crippen LogP contribution in [0.2, 0.25) is 0 Å². The zero-order chi connectivity index (χ0) is 13.7. The standard InChI is InChI=1S/C11H12O6S/c1-16-10(12)8-3-7(6-18(14)15)4-9(5-8)11(13)17-2/h3-5H,6H2,1-2H3,(H,14,15)/p-1. The van der Waals surface area contributed by atoms with Crippen LogP contribution in [-0.2, 0) is 26.3 Å². The Kier molecular flexibility index (Phi) is 4.99. The van der Waals surface area contributed by atoms with Crippen molar-refractivity contribution in [1.82, 2.24) is 0 Å². The van der Waals surface area contributed by atoms with Gasteiger partial charge in [0.05, 0.1) is 25.3 Å². The minimum Gasteiger partial charge on any atom is -0.772 e. The third-order valence-corrected chi connectivity index (χ3v) is 2.69. The molecule has 0 aliphatic heterocycles. The Balaban J connectivity index is 3.23. The highest BCUT2D eigenvalue weighted by Crippen LogP contribution is 2.14. The van der Waals surface area contributed by atoms with E-state index in [9.17, 15) is 18.4 Å². The minimum atomic E-state index is -2.32. The molecular formula is C11H11O6S-. The largest absolute Gasteiger partial charge is 0.772 e. The molecule has 18 heavy (non-hydrogen) atoms. The SMILES string of the molecule is COC(=O)c1cc(CS(=O)[O-])cc(C(=O)OC)c1. The van der Waals surface area contributed by atoms with Crippen molar-refractivity contribution in [2.45, 2.75) is 5.75 Å². The van der Waals surface area contributed by atoms with E-state index in [2.05, 4.69) is 9.47 Å². The van der Waals surface area contributed by atoms with E-state index in [1.807, 2.05) is 0 Å². The van der Waals surface area contributed by atoms with E-state index in [0.29, 0.717) is 5.56 Å². The van der Waals surface area contributed by atoms with Gasteiger partial charge in [-0.1, -0.05) is 11.1 Å². The molecule has 0 aromatic heterocycles. The van der Waals surface area contributed by atoms with Gasteiger partial charge in [-0.15, -0.1) is 0 Å². The van der Waals surface area contributed by atoms with E-state index in [1.165, 1.54) is 32.4 Å². The van der Waals surface area contributed by atoms with Crippen molar-refractivity contribution in [2.24, 2.45) is 0 Å². The zero-order valence-electron chi connectivity index (χ0n) is 9.80. The Morgan fingerprint density at radius 1 is 1.11 bits per heavy atom. The van der Waals surface area contributed by atoms with Gasteiger partial charge in [-0.05, 0) is 23.8 Å². The summed E-state index contributed by atoms with van der Waals surface area (Å²) in [5, 5.41) is 0. The summed E-state index contributed by atoms with van der Waals surface area (Å²) in [5.74, 6) is -1.60. The smallest absolute Gasteiger partial charge is 0.337 e. The van der Waals surface area contributed by atoms with Crippen molar-refractivity contribution >= 4 is 23.0 Å². The van der Waals surface area contributed by atoms with Crippen molar-refractivity contribution in [3.63, 3.8) is 0 Å². The van der Waals surface area contributed by atoms with E-state index in [0.717, 1.165) is 0 Å². The van der Waals surface area contributed by atoms with Crippen LogP contribution < -0.4 is 0 Å². The third kappa shape index (κ3) is 3.64. The predicted molar refractivity (Wildman–Crippen MR) is 61.7 cm³/mol. The second-order valence-corrected chi connectivity index (χ2v) is 4.25. The summed E-state index contributed by atoms with van der Waals surface area (Å²) in [7, 11) is 2.39. The molecule has 1 unspecified atom stereocenters. The van der Waals surface area contributed by atoms with E-state index < -0.39 is 23.0 Å². The fourth-order valence-electron chi connectivity index (χ4n) is 1.38. The molecule has 0 radical (unpaired) electrons. The van der Waals surface area contributed by atoms with E-state index in [4.69, 9.17) is 0 Å². The fourth-order valence-corrected chi connectivity index (χ4v) is 1.82. The lowest BCUT2D eigenvalue weighted by Crippen LogP contribution is -2.08. The lowest BCUT2D eigenvalue weighted by Gasteiger charge is -2.09. The molecule has 0 bridgehead atoms. The molecule has 1 rings (SSSR count). The van der Waals surface area contributed by atoms with Gasteiger partial charge in [0.1, 0.15) is 0 Å². The Morgan fingerprint density at radius 3 is 1.89 bits per heavy atom. The highest BCUT2D eigenvalue weighted by Gasteiger charge is 2.13. The lowest BCUT2D eigenvalue weighted by molar-refractivity contribution is 0.0599. The third-order valence-electron chi connectivity index (χ3n) is 2.12. The molecule has 0 fully saturated rings. The summed E-state index contributed by atoms with van der Waals surface area (Å²) in [4.78, 5) is 22.8. The maximum absolute atomic E-state index is 11.4. The number of hydrogen-bond donors (Lipinski definition) is 0. The predicted octanol–water partition coefficient (Wildman–Crippen LogP) is 0.639. The molecule has 0 heterocycles. The molecule has 98 valence electrons. The maximum atomic E-state index is 11.4. The Hall–Kier alpha value is -1.73. The van der Waals surface area contributed by atoms with Gasteiger partial charge in [0.25, 0.3) is 0 Å². The highest BCUT2D eigenvalue weighted by molar-refractivity contribution is 7.78. The number of rotatable bonds is 4. The van der Waals surface area contributed by atoms with E-state index in [-0.39, 0.29) is 16.9 Å². The summed E-state index contributed by atoms with van der Waals surface area (Å²) < 4.78 is 30.3. The summed E-state index contributed by atoms with van der Waals surface area (Å²) in [6.45, 7) is 0. The molecule has 0 amide bonds. The van der Waals surface area contributed by atoms with Gasteiger partial charge in [-0.2, -0.15) is 0 Å². The van der Waals surface area contributed by atoms with Gasteiger partial charge >= 0.3 is 11.9 Å². The monoisotopic (exact) mass is 271 g/mol. The Morgan fingerprint density at radius 2 is 1.56 bits per heavy atom. The minimum absolute atomic E-state index is 0.0980. The molecule has 1 aromatic rings. The molecule has 6 nitrogen and oxygen atoms in total. The van der Waals surface area contributed by atoms with Crippen LogP contribution in [0.3, 0.4) is 0 Å². The molecule has 1 aromatic carbocycles. The van der Waals surface area contributed by atoms with Gasteiger partial charge in [0.2, 0.25) is 0 Å². The summed E-state index contributed by atoms with van der Waals surface area (Å²) in [5.41, 5.74) is 0.508. The van der Waals surface area contributed by atoms with Crippen molar-refractivity contribution in [3.8, 4) is 0 Å². The van der Waals surface area contributed by atoms with Gasteiger partial charge in [0.15, 0.2) is 0 Å². The first-order valence-corrected chi connectivity index (χ1v) is 6.08. The van der Waals surface area contributed by atoms with E-state index >= 15 is 0 Å². The fraction of sp³-hybridized carbons (Fsp3) is 0.273. The van der Waals surface area contributed by atoms with Gasteiger partial charge in [0, 0.05) is 5.75 Å². The molecule has 0 aliphatic carbocycles. The topological polar surface area (TPSA) is 92.7 Å². The van der Waals surface area contributed by atoms with Crippen LogP contribution in [0, 0.1) is 0 Å². The second kappa shape index (κ2) is 6.27. The first-order chi connectivity index (χ1) is 8.47. The number of hydrogen-bond acceptors (Lipinski definition) is 6. The van der Waals surface area contributed by atoms with Crippen LogP contribution >= 0.6 is 0 Å². The number of esters is 2. The molecule has 0 N–H and O–H groups in total. The van der Waals surface area contributed by atoms with Crippen LogP contribution in [0.1, 0.15) is 26.3 Å². The second-order valence-electron chi connectivity index (χ2n) is 3.35. The average molecular weight is 271 g/mol. The normalized spacial score (nSPS) is 11.7. The van der Waals surface area contributed by atoms with Crippen molar-refractivity contribution in [3.05, 3.63) is 34.9 Å². The number of methoxy groups -OCH3 is 2. The number of benzene rings is 1. The van der Waals surface area contributed by atoms with Gasteiger partial charge < -0.3 is 14.0 Å². The summed E-state index contributed by atoms with van der Waals surface area (Å²) >= 11 is -2.32. The van der Waals surface area contributed by atoms with Crippen LogP contribution in [0.15, 0.2) is 18.2 Å². The molecule has 0 saturated carbocycles. The first kappa shape index (κ1) is 14.3. The average Bonchev–Trinajstić information content (AvgIpc) is 2.35. The van der Waals surface area contributed by atoms with E-state index in [1.54, 1.807) is 0 Å². The Labute approximate surface area is 106 Å². The highest BCUT2D eigenvalue weighted by atomic mass is 32.2. The quantitative estimate of drug-likeness (QED) is 0.589. The number of carbonyl (C=O) groups is 2. The lowest BCUT2D eigenvalue weighted by atomic mass is 10.1. The summed E-state index contributed by atoms with van der Waals surface area (Å²) in [6.07, 6.45) is 0. The van der Waals surface area contributed by atoms with Crippen LogP contribution in [0.5, 0.6) is 0 Å². The van der Waals surface area contributed by atoms with Crippen molar-refractivity contribution in [2.75, 3.05) is 14.2 Å². The summed E-state index contributed by atoms with van der Waals surface area (Å²) in [6, 6.07) is 4.00.